The molecule has 37 heavy (non-hydrogen) atoms. The summed E-state index contributed by atoms with van der Waals surface area (Å²) in [5.74, 6) is 0.508. The Hall–Kier alpha value is -3.58. The Kier molecular flexibility index (Phi) is 6.47. The first-order valence-electron chi connectivity index (χ1n) is 12.9. The maximum Gasteiger partial charge on any atom is 0.318 e. The van der Waals surface area contributed by atoms with Gasteiger partial charge in [0.05, 0.1) is 24.9 Å². The van der Waals surface area contributed by atoms with Crippen molar-refractivity contribution in [3.63, 3.8) is 0 Å². The predicted molar refractivity (Wildman–Crippen MR) is 144 cm³/mol. The fourth-order valence-electron chi connectivity index (χ4n) is 5.56. The number of urea groups is 1. The van der Waals surface area contributed by atoms with E-state index in [4.69, 9.17) is 4.74 Å². The van der Waals surface area contributed by atoms with Gasteiger partial charge in [-0.2, -0.15) is 0 Å². The molecule has 6 rings (SSSR count). The van der Waals surface area contributed by atoms with E-state index in [1.807, 2.05) is 41.4 Å². The standard InChI is InChI=1S/C30H30FN3O2S/c1-2-36-23-8-5-7-21(17-23)28-26-10-6-16-33(26)29-25(24-9-3-4-11-27(24)37-29)19-34(28)30(35)32-18-20-12-14-22(31)15-13-20/h5-8,10,12-17,28H,2-4,9,11,18-19H2,1H3,(H,32,35)/t28-/m1/s1. The molecular formula is C30H30FN3O2S. The molecule has 2 aliphatic rings. The van der Waals surface area contributed by atoms with Crippen LogP contribution < -0.4 is 10.1 Å². The fourth-order valence-corrected chi connectivity index (χ4v) is 6.96. The van der Waals surface area contributed by atoms with Crippen LogP contribution in [0.15, 0.2) is 66.9 Å². The number of aromatic nitrogens is 1. The van der Waals surface area contributed by atoms with Gasteiger partial charge in [-0.1, -0.05) is 24.3 Å². The molecule has 7 heteroatoms. The molecule has 0 bridgehead atoms. The number of benzene rings is 2. The lowest BCUT2D eigenvalue weighted by molar-refractivity contribution is 0.180. The molecule has 3 heterocycles. The summed E-state index contributed by atoms with van der Waals surface area (Å²) < 4.78 is 21.5. The number of halogens is 1. The highest BCUT2D eigenvalue weighted by Crippen LogP contribution is 2.44. The lowest BCUT2D eigenvalue weighted by Crippen LogP contribution is -2.41. The summed E-state index contributed by atoms with van der Waals surface area (Å²) in [6, 6.07) is 18.1. The van der Waals surface area contributed by atoms with Gasteiger partial charge in [0.25, 0.3) is 0 Å². The highest BCUT2D eigenvalue weighted by Gasteiger charge is 2.36. The average molecular weight is 516 g/mol. The average Bonchev–Trinajstić information content (AvgIpc) is 3.50. The van der Waals surface area contributed by atoms with Gasteiger partial charge < -0.3 is 19.5 Å². The third-order valence-electron chi connectivity index (χ3n) is 7.28. The normalized spacial score (nSPS) is 16.4. The summed E-state index contributed by atoms with van der Waals surface area (Å²) in [7, 11) is 0. The smallest absolute Gasteiger partial charge is 0.318 e. The van der Waals surface area contributed by atoms with Gasteiger partial charge >= 0.3 is 6.03 Å². The molecule has 2 amide bonds. The Balaban J connectivity index is 1.43. The highest BCUT2D eigenvalue weighted by atomic mass is 32.1. The second-order valence-corrected chi connectivity index (χ2v) is 10.7. The first-order valence-corrected chi connectivity index (χ1v) is 13.8. The van der Waals surface area contributed by atoms with E-state index in [1.54, 1.807) is 12.1 Å². The summed E-state index contributed by atoms with van der Waals surface area (Å²) in [6.45, 7) is 3.41. The SMILES string of the molecule is CCOc1cccc([C@@H]2c3cccn3-c3sc4c(c3CN2C(=O)NCc2ccc(F)cc2)CCCC4)c1. The molecule has 2 aromatic carbocycles. The van der Waals surface area contributed by atoms with E-state index in [2.05, 4.69) is 34.3 Å². The molecule has 1 aliphatic heterocycles. The van der Waals surface area contributed by atoms with Crippen LogP contribution in [-0.4, -0.2) is 22.1 Å². The maximum atomic E-state index is 13.9. The largest absolute Gasteiger partial charge is 0.494 e. The van der Waals surface area contributed by atoms with Gasteiger partial charge in [-0.05, 0) is 85.7 Å². The number of amides is 2. The molecular weight excluding hydrogens is 485 g/mol. The third-order valence-corrected chi connectivity index (χ3v) is 8.61. The second kappa shape index (κ2) is 10.1. The van der Waals surface area contributed by atoms with E-state index < -0.39 is 0 Å². The van der Waals surface area contributed by atoms with Crippen LogP contribution >= 0.6 is 11.3 Å². The quantitative estimate of drug-likeness (QED) is 0.319. The summed E-state index contributed by atoms with van der Waals surface area (Å²) in [5.41, 5.74) is 5.61. The van der Waals surface area contributed by atoms with Crippen LogP contribution in [-0.2, 0) is 25.9 Å². The molecule has 0 radical (unpaired) electrons. The van der Waals surface area contributed by atoms with Gasteiger partial charge in [0, 0.05) is 23.2 Å². The van der Waals surface area contributed by atoms with Crippen molar-refractivity contribution in [2.45, 2.75) is 51.7 Å². The highest BCUT2D eigenvalue weighted by molar-refractivity contribution is 7.15. The molecule has 0 fully saturated rings. The van der Waals surface area contributed by atoms with E-state index in [-0.39, 0.29) is 17.9 Å². The van der Waals surface area contributed by atoms with Gasteiger partial charge in [0.15, 0.2) is 0 Å². The van der Waals surface area contributed by atoms with Crippen LogP contribution in [0, 0.1) is 5.82 Å². The van der Waals surface area contributed by atoms with Crippen molar-refractivity contribution in [3.8, 4) is 10.8 Å². The Labute approximate surface area is 220 Å². The van der Waals surface area contributed by atoms with E-state index in [0.717, 1.165) is 35.4 Å². The number of nitrogens with one attached hydrogen (secondary N) is 1. The Morgan fingerprint density at radius 2 is 1.92 bits per heavy atom. The molecule has 1 aliphatic carbocycles. The van der Waals surface area contributed by atoms with Crippen LogP contribution in [0.4, 0.5) is 9.18 Å². The molecule has 0 unspecified atom stereocenters. The van der Waals surface area contributed by atoms with Crippen LogP contribution in [0.5, 0.6) is 5.75 Å². The molecule has 0 saturated carbocycles. The number of hydrogen-bond donors (Lipinski definition) is 1. The minimum atomic E-state index is -0.289. The van der Waals surface area contributed by atoms with E-state index in [9.17, 15) is 9.18 Å². The molecule has 2 aromatic heterocycles. The molecule has 190 valence electrons. The molecule has 5 nitrogen and oxygen atoms in total. The molecule has 4 aromatic rings. The van der Waals surface area contributed by atoms with E-state index >= 15 is 0 Å². The number of hydrogen-bond acceptors (Lipinski definition) is 3. The lowest BCUT2D eigenvalue weighted by Gasteiger charge is -2.31. The third kappa shape index (κ3) is 4.53. The molecule has 0 spiro atoms. The monoisotopic (exact) mass is 515 g/mol. The zero-order valence-electron chi connectivity index (χ0n) is 20.9. The number of carbonyl (C=O) groups is 1. The van der Waals surface area contributed by atoms with Gasteiger partial charge in [-0.25, -0.2) is 9.18 Å². The van der Waals surface area contributed by atoms with Crippen LogP contribution in [0.3, 0.4) is 0 Å². The van der Waals surface area contributed by atoms with Gasteiger partial charge in [-0.3, -0.25) is 0 Å². The van der Waals surface area contributed by atoms with Crippen molar-refractivity contribution in [2.24, 2.45) is 0 Å². The van der Waals surface area contributed by atoms with Crippen molar-refractivity contribution in [1.82, 2.24) is 14.8 Å². The van der Waals surface area contributed by atoms with Gasteiger partial charge in [0.2, 0.25) is 0 Å². The first kappa shape index (κ1) is 23.8. The zero-order chi connectivity index (χ0) is 25.4. The number of carbonyl (C=O) groups excluding carboxylic acids is 1. The number of fused-ring (bicyclic) bond motifs is 5. The second-order valence-electron chi connectivity index (χ2n) is 9.62. The van der Waals surface area contributed by atoms with Crippen LogP contribution in [0.2, 0.25) is 0 Å². The minimum absolute atomic E-state index is 0.146. The first-order chi connectivity index (χ1) is 18.1. The van der Waals surface area contributed by atoms with Crippen molar-refractivity contribution >= 4 is 17.4 Å². The van der Waals surface area contributed by atoms with E-state index in [1.165, 1.54) is 46.0 Å². The van der Waals surface area contributed by atoms with Gasteiger partial charge in [0.1, 0.15) is 16.6 Å². The Bertz CT molecular complexity index is 1430. The number of thiophene rings is 1. The predicted octanol–water partition coefficient (Wildman–Crippen LogP) is 6.77. The maximum absolute atomic E-state index is 13.9. The van der Waals surface area contributed by atoms with Crippen LogP contribution in [0.25, 0.3) is 5.00 Å². The summed E-state index contributed by atoms with van der Waals surface area (Å²) >= 11 is 1.88. The Morgan fingerprint density at radius 1 is 1.08 bits per heavy atom. The minimum Gasteiger partial charge on any atom is -0.494 e. The van der Waals surface area contributed by atoms with Crippen molar-refractivity contribution in [2.75, 3.05) is 6.61 Å². The summed E-state index contributed by atoms with van der Waals surface area (Å²) in [6.07, 6.45) is 6.70. The van der Waals surface area contributed by atoms with E-state index in [0.29, 0.717) is 19.7 Å². The number of rotatable bonds is 5. The lowest BCUT2D eigenvalue weighted by atomic mass is 9.95. The van der Waals surface area contributed by atoms with Crippen molar-refractivity contribution in [1.29, 1.82) is 0 Å². The van der Waals surface area contributed by atoms with Crippen LogP contribution in [0.1, 0.15) is 58.6 Å². The summed E-state index contributed by atoms with van der Waals surface area (Å²) in [5, 5.41) is 4.34. The summed E-state index contributed by atoms with van der Waals surface area (Å²) in [4.78, 5) is 17.3. The molecule has 1 atom stereocenters. The number of nitrogens with zero attached hydrogens (tertiary/aromatic N) is 2. The fraction of sp³-hybridized carbons (Fsp3) is 0.300. The zero-order valence-corrected chi connectivity index (χ0v) is 21.7. The number of ether oxygens (including phenoxy) is 1. The van der Waals surface area contributed by atoms with Crippen molar-refractivity contribution in [3.05, 3.63) is 106 Å². The topological polar surface area (TPSA) is 46.5 Å². The molecule has 0 saturated heterocycles. The number of aryl methyl sites for hydroxylation is 1. The Morgan fingerprint density at radius 3 is 2.76 bits per heavy atom. The van der Waals surface area contributed by atoms with Gasteiger partial charge in [-0.15, -0.1) is 11.3 Å². The molecule has 1 N–H and O–H groups in total. The van der Waals surface area contributed by atoms with Crippen molar-refractivity contribution < 1.29 is 13.9 Å².